The van der Waals surface area contributed by atoms with Crippen LogP contribution in [0.2, 0.25) is 0 Å². The summed E-state index contributed by atoms with van der Waals surface area (Å²) in [6.07, 6.45) is 3.06. The Morgan fingerprint density at radius 3 is 2.84 bits per heavy atom. The first-order chi connectivity index (χ1) is 9.06. The van der Waals surface area contributed by atoms with Crippen molar-refractivity contribution < 1.29 is 4.79 Å². The maximum atomic E-state index is 12.4. The number of anilines is 1. The Bertz CT molecular complexity index is 494. The molecule has 1 aliphatic rings. The Hall–Kier alpha value is -1.84. The molecule has 0 saturated heterocycles. The zero-order chi connectivity index (χ0) is 13.8. The maximum Gasteiger partial charge on any atom is 0.272 e. The summed E-state index contributed by atoms with van der Waals surface area (Å²) in [7, 11) is 0. The third-order valence-electron chi connectivity index (χ3n) is 3.13. The van der Waals surface area contributed by atoms with Gasteiger partial charge in [-0.1, -0.05) is 17.7 Å². The molecule has 1 aromatic heterocycles. The number of rotatable bonds is 3. The van der Waals surface area contributed by atoms with Crippen LogP contribution < -0.4 is 5.32 Å². The van der Waals surface area contributed by atoms with Crippen molar-refractivity contribution >= 4 is 11.7 Å². The second-order valence-electron chi connectivity index (χ2n) is 5.26. The SMILES string of the molecule is CC1=CCN(C(=O)c2cccc(NC(C)C)n2)CC1. The van der Waals surface area contributed by atoms with Gasteiger partial charge >= 0.3 is 0 Å². The van der Waals surface area contributed by atoms with Gasteiger partial charge in [-0.15, -0.1) is 0 Å². The lowest BCUT2D eigenvalue weighted by Gasteiger charge is -2.25. The van der Waals surface area contributed by atoms with E-state index in [1.165, 1.54) is 5.57 Å². The predicted molar refractivity (Wildman–Crippen MR) is 77.3 cm³/mol. The monoisotopic (exact) mass is 259 g/mol. The van der Waals surface area contributed by atoms with E-state index in [9.17, 15) is 4.79 Å². The molecule has 19 heavy (non-hydrogen) atoms. The quantitative estimate of drug-likeness (QED) is 0.849. The van der Waals surface area contributed by atoms with Crippen LogP contribution >= 0.6 is 0 Å². The average molecular weight is 259 g/mol. The normalized spacial score (nSPS) is 15.4. The number of hydrogen-bond acceptors (Lipinski definition) is 3. The fourth-order valence-corrected chi connectivity index (χ4v) is 2.05. The molecule has 4 nitrogen and oxygen atoms in total. The van der Waals surface area contributed by atoms with Crippen molar-refractivity contribution in [2.45, 2.75) is 33.2 Å². The molecule has 4 heteroatoms. The summed E-state index contributed by atoms with van der Waals surface area (Å²) in [5, 5.41) is 3.22. The molecule has 1 N–H and O–H groups in total. The Morgan fingerprint density at radius 2 is 2.21 bits per heavy atom. The van der Waals surface area contributed by atoms with Gasteiger partial charge in [-0.05, 0) is 39.3 Å². The van der Waals surface area contributed by atoms with E-state index in [0.717, 1.165) is 18.8 Å². The van der Waals surface area contributed by atoms with E-state index in [-0.39, 0.29) is 5.91 Å². The predicted octanol–water partition coefficient (Wildman–Crippen LogP) is 2.69. The average Bonchev–Trinajstić information content (AvgIpc) is 2.38. The first kappa shape index (κ1) is 13.6. The van der Waals surface area contributed by atoms with Gasteiger partial charge in [0.05, 0.1) is 0 Å². The van der Waals surface area contributed by atoms with Crippen molar-refractivity contribution in [3.63, 3.8) is 0 Å². The first-order valence-corrected chi connectivity index (χ1v) is 6.75. The van der Waals surface area contributed by atoms with Crippen LogP contribution in [0.3, 0.4) is 0 Å². The lowest BCUT2D eigenvalue weighted by molar-refractivity contribution is 0.0763. The second kappa shape index (κ2) is 5.87. The maximum absolute atomic E-state index is 12.4. The van der Waals surface area contributed by atoms with Gasteiger partial charge in [0.25, 0.3) is 5.91 Å². The summed E-state index contributed by atoms with van der Waals surface area (Å²) in [6.45, 7) is 7.68. The highest BCUT2D eigenvalue weighted by atomic mass is 16.2. The number of amides is 1. The third kappa shape index (κ3) is 3.56. The smallest absolute Gasteiger partial charge is 0.272 e. The van der Waals surface area contributed by atoms with Crippen LogP contribution in [0, 0.1) is 0 Å². The van der Waals surface area contributed by atoms with Gasteiger partial charge in [0.2, 0.25) is 0 Å². The molecule has 1 amide bonds. The third-order valence-corrected chi connectivity index (χ3v) is 3.13. The molecule has 0 atom stereocenters. The molecule has 1 aliphatic heterocycles. The number of hydrogen-bond donors (Lipinski definition) is 1. The minimum Gasteiger partial charge on any atom is -0.368 e. The van der Waals surface area contributed by atoms with Crippen molar-refractivity contribution in [1.29, 1.82) is 0 Å². The number of pyridine rings is 1. The molecule has 0 unspecified atom stereocenters. The molecule has 0 fully saturated rings. The molecule has 0 bridgehead atoms. The number of nitrogens with one attached hydrogen (secondary N) is 1. The highest BCUT2D eigenvalue weighted by molar-refractivity contribution is 5.92. The molecule has 0 spiro atoms. The highest BCUT2D eigenvalue weighted by Gasteiger charge is 2.18. The van der Waals surface area contributed by atoms with Gasteiger partial charge in [-0.25, -0.2) is 4.98 Å². The fraction of sp³-hybridized carbons (Fsp3) is 0.467. The Labute approximate surface area is 114 Å². The number of carbonyl (C=O) groups is 1. The summed E-state index contributed by atoms with van der Waals surface area (Å²) in [6, 6.07) is 5.84. The van der Waals surface area contributed by atoms with Gasteiger partial charge in [0.15, 0.2) is 0 Å². The van der Waals surface area contributed by atoms with E-state index in [1.807, 2.05) is 30.9 Å². The molecule has 1 aromatic rings. The van der Waals surface area contributed by atoms with E-state index < -0.39 is 0 Å². The zero-order valence-corrected chi connectivity index (χ0v) is 11.8. The summed E-state index contributed by atoms with van der Waals surface area (Å²) >= 11 is 0. The Morgan fingerprint density at radius 1 is 1.42 bits per heavy atom. The number of nitrogens with zero attached hydrogens (tertiary/aromatic N) is 2. The highest BCUT2D eigenvalue weighted by Crippen LogP contribution is 2.14. The van der Waals surface area contributed by atoms with Crippen LogP contribution in [-0.2, 0) is 0 Å². The molecule has 2 heterocycles. The first-order valence-electron chi connectivity index (χ1n) is 6.75. The summed E-state index contributed by atoms with van der Waals surface area (Å²) in [5.41, 5.74) is 1.87. The van der Waals surface area contributed by atoms with Crippen LogP contribution in [0.15, 0.2) is 29.8 Å². The van der Waals surface area contributed by atoms with E-state index in [1.54, 1.807) is 6.07 Å². The zero-order valence-electron chi connectivity index (χ0n) is 11.8. The van der Waals surface area contributed by atoms with E-state index in [4.69, 9.17) is 0 Å². The van der Waals surface area contributed by atoms with Gasteiger partial charge in [0.1, 0.15) is 11.5 Å². The fourth-order valence-electron chi connectivity index (χ4n) is 2.05. The van der Waals surface area contributed by atoms with Crippen LogP contribution in [0.25, 0.3) is 0 Å². The Kier molecular flexibility index (Phi) is 4.20. The lowest BCUT2D eigenvalue weighted by Crippen LogP contribution is -2.35. The van der Waals surface area contributed by atoms with Crippen molar-refractivity contribution in [3.8, 4) is 0 Å². The summed E-state index contributed by atoms with van der Waals surface area (Å²) in [5.74, 6) is 0.765. The van der Waals surface area contributed by atoms with Crippen LogP contribution in [0.5, 0.6) is 0 Å². The minimum atomic E-state index is 0.0103. The van der Waals surface area contributed by atoms with Crippen LogP contribution in [0.4, 0.5) is 5.82 Å². The molecular formula is C15H21N3O. The van der Waals surface area contributed by atoms with Gasteiger partial charge < -0.3 is 10.2 Å². The van der Waals surface area contributed by atoms with Gasteiger partial charge in [-0.3, -0.25) is 4.79 Å². The molecule has 2 rings (SSSR count). The van der Waals surface area contributed by atoms with E-state index in [2.05, 4.69) is 23.3 Å². The van der Waals surface area contributed by atoms with Gasteiger partial charge in [-0.2, -0.15) is 0 Å². The van der Waals surface area contributed by atoms with Gasteiger partial charge in [0, 0.05) is 19.1 Å². The molecular weight excluding hydrogens is 238 g/mol. The largest absolute Gasteiger partial charge is 0.368 e. The second-order valence-corrected chi connectivity index (χ2v) is 5.26. The standard InChI is InChI=1S/C15H21N3O/c1-11(2)16-14-6-4-5-13(17-14)15(19)18-9-7-12(3)8-10-18/h4-7,11H,8-10H2,1-3H3,(H,16,17). The van der Waals surface area contributed by atoms with Crippen LogP contribution in [-0.4, -0.2) is 34.9 Å². The van der Waals surface area contributed by atoms with Crippen molar-refractivity contribution in [2.75, 3.05) is 18.4 Å². The van der Waals surface area contributed by atoms with Crippen molar-refractivity contribution in [1.82, 2.24) is 9.88 Å². The Balaban J connectivity index is 2.11. The molecule has 102 valence electrons. The topological polar surface area (TPSA) is 45.2 Å². The van der Waals surface area contributed by atoms with E-state index in [0.29, 0.717) is 18.3 Å². The number of aromatic nitrogens is 1. The van der Waals surface area contributed by atoms with Crippen molar-refractivity contribution in [2.24, 2.45) is 0 Å². The molecule has 0 radical (unpaired) electrons. The minimum absolute atomic E-state index is 0.0103. The summed E-state index contributed by atoms with van der Waals surface area (Å²) < 4.78 is 0. The molecule has 0 aliphatic carbocycles. The van der Waals surface area contributed by atoms with Crippen molar-refractivity contribution in [3.05, 3.63) is 35.5 Å². The van der Waals surface area contributed by atoms with E-state index >= 15 is 0 Å². The lowest BCUT2D eigenvalue weighted by atomic mass is 10.1. The molecule has 0 saturated carbocycles. The number of carbonyl (C=O) groups excluding carboxylic acids is 1. The van der Waals surface area contributed by atoms with Crippen LogP contribution in [0.1, 0.15) is 37.7 Å². The summed E-state index contributed by atoms with van der Waals surface area (Å²) in [4.78, 5) is 18.6. The molecule has 0 aromatic carbocycles.